The van der Waals surface area contributed by atoms with E-state index in [1.54, 1.807) is 30.3 Å². The van der Waals surface area contributed by atoms with Crippen LogP contribution in [0.3, 0.4) is 0 Å². The maximum atomic E-state index is 12.2. The predicted molar refractivity (Wildman–Crippen MR) is 110 cm³/mol. The number of carbonyl (C=O) groups excluding carboxylic acids is 3. The fourth-order valence-corrected chi connectivity index (χ4v) is 2.79. The van der Waals surface area contributed by atoms with Gasteiger partial charge in [0, 0.05) is 23.6 Å². The Morgan fingerprint density at radius 1 is 0.862 bits per heavy atom. The number of rotatable bonds is 5. The third-order valence-corrected chi connectivity index (χ3v) is 4.42. The Labute approximate surface area is 171 Å². The summed E-state index contributed by atoms with van der Waals surface area (Å²) in [6.45, 7) is 0.0877. The molecule has 0 saturated heterocycles. The number of amides is 3. The van der Waals surface area contributed by atoms with E-state index in [4.69, 9.17) is 11.6 Å². The number of hydrogen-bond donors (Lipinski definition) is 4. The van der Waals surface area contributed by atoms with Gasteiger partial charge in [-0.25, -0.2) is 0 Å². The summed E-state index contributed by atoms with van der Waals surface area (Å²) in [7, 11) is 0. The molecule has 8 heteroatoms. The monoisotopic (exact) mass is 411 g/mol. The smallest absolute Gasteiger partial charge is 0.273 e. The highest BCUT2D eigenvalue weighted by molar-refractivity contribution is 6.30. The second-order valence-corrected chi connectivity index (χ2v) is 6.67. The maximum absolute atomic E-state index is 12.2. The van der Waals surface area contributed by atoms with Gasteiger partial charge in [-0.15, -0.1) is 0 Å². The first-order valence-electron chi connectivity index (χ1n) is 8.79. The summed E-state index contributed by atoms with van der Waals surface area (Å²) in [5.41, 5.74) is 4.98. The minimum absolute atomic E-state index is 0.0384. The van der Waals surface area contributed by atoms with Crippen LogP contribution < -0.4 is 16.2 Å². The predicted octanol–water partition coefficient (Wildman–Crippen LogP) is 2.78. The van der Waals surface area contributed by atoms with Gasteiger partial charge in [-0.2, -0.15) is 0 Å². The molecule has 0 aromatic heterocycles. The lowest BCUT2D eigenvalue weighted by Gasteiger charge is -2.10. The number of benzene rings is 3. The van der Waals surface area contributed by atoms with Crippen LogP contribution in [0.5, 0.6) is 5.75 Å². The normalized spacial score (nSPS) is 10.4. The Hall–Kier alpha value is -3.58. The molecule has 0 fully saturated rings. The van der Waals surface area contributed by atoms with Crippen LogP contribution in [0, 0.1) is 0 Å². The van der Waals surface area contributed by atoms with E-state index in [-0.39, 0.29) is 30.2 Å². The molecule has 0 bridgehead atoms. The van der Waals surface area contributed by atoms with Crippen LogP contribution in [0.15, 0.2) is 60.7 Å². The summed E-state index contributed by atoms with van der Waals surface area (Å²) >= 11 is 5.77. The molecule has 3 aromatic carbocycles. The van der Waals surface area contributed by atoms with Gasteiger partial charge in [-0.3, -0.25) is 25.2 Å². The average Bonchev–Trinajstić information content (AvgIpc) is 2.72. The zero-order chi connectivity index (χ0) is 20.8. The van der Waals surface area contributed by atoms with Crippen molar-refractivity contribution in [3.05, 3.63) is 76.8 Å². The number of aromatic hydroxyl groups is 1. The van der Waals surface area contributed by atoms with Crippen molar-refractivity contribution in [2.45, 2.75) is 6.42 Å². The number of phenolic OH excluding ortho intramolecular Hbond substituents is 1. The molecule has 7 nitrogen and oxygen atoms in total. The molecule has 0 saturated carbocycles. The zero-order valence-corrected chi connectivity index (χ0v) is 16.0. The van der Waals surface area contributed by atoms with Crippen LogP contribution >= 0.6 is 11.6 Å². The Morgan fingerprint density at radius 3 is 2.21 bits per heavy atom. The summed E-state index contributed by atoms with van der Waals surface area (Å²) in [5, 5.41) is 14.7. The molecule has 0 radical (unpaired) electrons. The van der Waals surface area contributed by atoms with E-state index < -0.39 is 11.8 Å². The van der Waals surface area contributed by atoms with E-state index in [1.807, 2.05) is 24.3 Å². The molecular weight excluding hydrogens is 394 g/mol. The Kier molecular flexibility index (Phi) is 6.31. The molecule has 3 amide bonds. The first-order valence-corrected chi connectivity index (χ1v) is 9.16. The van der Waals surface area contributed by atoms with E-state index in [2.05, 4.69) is 16.2 Å². The Bertz CT molecular complexity index is 1070. The molecule has 29 heavy (non-hydrogen) atoms. The number of hydrazine groups is 1. The molecule has 0 aliphatic carbocycles. The maximum Gasteiger partial charge on any atom is 0.273 e. The fourth-order valence-electron chi connectivity index (χ4n) is 2.66. The summed E-state index contributed by atoms with van der Waals surface area (Å²) in [4.78, 5) is 36.1. The highest BCUT2D eigenvalue weighted by Crippen LogP contribution is 2.24. The van der Waals surface area contributed by atoms with Gasteiger partial charge in [0.25, 0.3) is 11.8 Å². The van der Waals surface area contributed by atoms with Crippen molar-refractivity contribution >= 4 is 40.1 Å². The second-order valence-electron chi connectivity index (χ2n) is 6.23. The van der Waals surface area contributed by atoms with Crippen molar-refractivity contribution in [1.29, 1.82) is 0 Å². The standard InChI is InChI=1S/C21H18ClN3O4/c22-16-7-5-13(6-8-16)20(28)23-10-9-19(27)24-25-21(29)17-11-14-3-1-2-4-15(14)12-18(17)26/h1-8,11-12,26H,9-10H2,(H,23,28)(H,24,27)(H,25,29). The van der Waals surface area contributed by atoms with Crippen molar-refractivity contribution in [1.82, 2.24) is 16.2 Å². The summed E-state index contributed by atoms with van der Waals surface area (Å²) in [6, 6.07) is 16.7. The topological polar surface area (TPSA) is 108 Å². The van der Waals surface area contributed by atoms with Crippen molar-refractivity contribution in [2.75, 3.05) is 6.54 Å². The SMILES string of the molecule is O=C(CCNC(=O)c1ccc(Cl)cc1)NNC(=O)c1cc2ccccc2cc1O. The minimum Gasteiger partial charge on any atom is -0.507 e. The minimum atomic E-state index is -0.646. The van der Waals surface area contributed by atoms with Crippen LogP contribution in [0.4, 0.5) is 0 Å². The molecule has 3 rings (SSSR count). The van der Waals surface area contributed by atoms with Gasteiger partial charge in [0.05, 0.1) is 5.56 Å². The highest BCUT2D eigenvalue weighted by atomic mass is 35.5. The molecule has 4 N–H and O–H groups in total. The van der Waals surface area contributed by atoms with E-state index in [9.17, 15) is 19.5 Å². The van der Waals surface area contributed by atoms with Crippen LogP contribution in [0.2, 0.25) is 5.02 Å². The molecule has 0 atom stereocenters. The molecule has 0 unspecified atom stereocenters. The Morgan fingerprint density at radius 2 is 1.52 bits per heavy atom. The summed E-state index contributed by atoms with van der Waals surface area (Å²) in [6.07, 6.45) is -0.0384. The number of fused-ring (bicyclic) bond motifs is 1. The lowest BCUT2D eigenvalue weighted by molar-refractivity contribution is -0.121. The van der Waals surface area contributed by atoms with E-state index in [0.717, 1.165) is 10.8 Å². The van der Waals surface area contributed by atoms with E-state index >= 15 is 0 Å². The number of nitrogens with one attached hydrogen (secondary N) is 3. The van der Waals surface area contributed by atoms with Crippen LogP contribution in [0.25, 0.3) is 10.8 Å². The molecule has 0 spiro atoms. The number of halogens is 1. The van der Waals surface area contributed by atoms with Gasteiger partial charge in [0.15, 0.2) is 0 Å². The van der Waals surface area contributed by atoms with E-state index in [1.165, 1.54) is 6.07 Å². The average molecular weight is 412 g/mol. The van der Waals surface area contributed by atoms with Crippen molar-refractivity contribution < 1.29 is 19.5 Å². The molecule has 3 aromatic rings. The lowest BCUT2D eigenvalue weighted by Crippen LogP contribution is -2.42. The number of hydrogen-bond acceptors (Lipinski definition) is 4. The van der Waals surface area contributed by atoms with Gasteiger partial charge in [0.1, 0.15) is 5.75 Å². The van der Waals surface area contributed by atoms with E-state index in [0.29, 0.717) is 10.6 Å². The fraction of sp³-hybridized carbons (Fsp3) is 0.0952. The lowest BCUT2D eigenvalue weighted by atomic mass is 10.1. The summed E-state index contributed by atoms with van der Waals surface area (Å²) < 4.78 is 0. The van der Waals surface area contributed by atoms with Gasteiger partial charge in [-0.05, 0) is 47.2 Å². The zero-order valence-electron chi connectivity index (χ0n) is 15.2. The molecule has 0 heterocycles. The first kappa shape index (κ1) is 20.2. The quantitative estimate of drug-likeness (QED) is 0.484. The molecule has 0 aliphatic rings. The number of phenols is 1. The van der Waals surface area contributed by atoms with Gasteiger partial charge in [0.2, 0.25) is 5.91 Å². The highest BCUT2D eigenvalue weighted by Gasteiger charge is 2.13. The van der Waals surface area contributed by atoms with Gasteiger partial charge < -0.3 is 10.4 Å². The first-order chi connectivity index (χ1) is 13.9. The van der Waals surface area contributed by atoms with Crippen LogP contribution in [0.1, 0.15) is 27.1 Å². The van der Waals surface area contributed by atoms with Gasteiger partial charge >= 0.3 is 0 Å². The third kappa shape index (κ3) is 5.24. The van der Waals surface area contributed by atoms with Crippen molar-refractivity contribution in [3.8, 4) is 5.75 Å². The number of carbonyl (C=O) groups is 3. The molecule has 148 valence electrons. The summed E-state index contributed by atoms with van der Waals surface area (Å²) in [5.74, 6) is -1.66. The molecular formula is C21H18ClN3O4. The molecule has 0 aliphatic heterocycles. The van der Waals surface area contributed by atoms with Crippen LogP contribution in [-0.2, 0) is 4.79 Å². The van der Waals surface area contributed by atoms with Crippen molar-refractivity contribution in [3.63, 3.8) is 0 Å². The second kappa shape index (κ2) is 9.07. The van der Waals surface area contributed by atoms with Gasteiger partial charge in [-0.1, -0.05) is 35.9 Å². The van der Waals surface area contributed by atoms with Crippen molar-refractivity contribution in [2.24, 2.45) is 0 Å². The largest absolute Gasteiger partial charge is 0.507 e. The van der Waals surface area contributed by atoms with Crippen LogP contribution in [-0.4, -0.2) is 29.4 Å². The Balaban J connectivity index is 1.48. The third-order valence-electron chi connectivity index (χ3n) is 4.17.